The first-order valence-corrected chi connectivity index (χ1v) is 8.54. The summed E-state index contributed by atoms with van der Waals surface area (Å²) in [5.74, 6) is 0.880. The molecule has 1 amide bonds. The van der Waals surface area contributed by atoms with Gasteiger partial charge in [0.05, 0.1) is 17.6 Å². The first kappa shape index (κ1) is 19.4. The van der Waals surface area contributed by atoms with Gasteiger partial charge in [-0.15, -0.1) is 0 Å². The molecule has 0 aromatic heterocycles. The third-order valence-corrected chi connectivity index (χ3v) is 4.13. The van der Waals surface area contributed by atoms with Crippen LogP contribution in [0.15, 0.2) is 48.5 Å². The summed E-state index contributed by atoms with van der Waals surface area (Å²) < 4.78 is 5.68. The lowest BCUT2D eigenvalue weighted by molar-refractivity contribution is -0.384. The van der Waals surface area contributed by atoms with Crippen molar-refractivity contribution in [3.05, 3.63) is 69.8 Å². The number of hydrogen-bond donors (Lipinski definition) is 0. The van der Waals surface area contributed by atoms with E-state index in [1.54, 1.807) is 42.3 Å². The molecule has 1 atom stereocenters. The zero-order valence-electron chi connectivity index (χ0n) is 15.5. The summed E-state index contributed by atoms with van der Waals surface area (Å²) in [7, 11) is 1.69. The molecule has 0 aliphatic rings. The summed E-state index contributed by atoms with van der Waals surface area (Å²) in [6.45, 7) is 6.54. The van der Waals surface area contributed by atoms with Crippen molar-refractivity contribution in [3.63, 3.8) is 0 Å². The molecule has 0 aliphatic carbocycles. The van der Waals surface area contributed by atoms with Crippen LogP contribution in [0.1, 0.15) is 42.7 Å². The molecule has 0 spiro atoms. The van der Waals surface area contributed by atoms with Crippen LogP contribution in [0.5, 0.6) is 5.75 Å². The molecule has 0 radical (unpaired) electrons. The number of nitro benzene ring substituents is 1. The van der Waals surface area contributed by atoms with Crippen molar-refractivity contribution in [1.82, 2.24) is 4.90 Å². The second kappa shape index (κ2) is 8.47. The highest BCUT2D eigenvalue weighted by Gasteiger charge is 2.21. The number of hydrogen-bond acceptors (Lipinski definition) is 4. The summed E-state index contributed by atoms with van der Waals surface area (Å²) in [5, 5.41) is 11.0. The Kier molecular flexibility index (Phi) is 6.33. The molecule has 0 unspecified atom stereocenters. The molecule has 2 aromatic rings. The Morgan fingerprint density at radius 1 is 1.15 bits per heavy atom. The average molecular weight is 356 g/mol. The van der Waals surface area contributed by atoms with Gasteiger partial charge in [0.1, 0.15) is 5.75 Å². The molecule has 0 saturated heterocycles. The van der Waals surface area contributed by atoms with Gasteiger partial charge < -0.3 is 9.64 Å². The highest BCUT2D eigenvalue weighted by Crippen LogP contribution is 2.25. The largest absolute Gasteiger partial charge is 0.493 e. The van der Waals surface area contributed by atoms with Crippen molar-refractivity contribution < 1.29 is 14.5 Å². The van der Waals surface area contributed by atoms with Crippen LogP contribution in [-0.4, -0.2) is 29.4 Å². The molecule has 6 heteroatoms. The van der Waals surface area contributed by atoms with Crippen LogP contribution in [0.4, 0.5) is 5.69 Å². The van der Waals surface area contributed by atoms with Crippen molar-refractivity contribution in [3.8, 4) is 5.75 Å². The minimum Gasteiger partial charge on any atom is -0.493 e. The summed E-state index contributed by atoms with van der Waals surface area (Å²) >= 11 is 0. The minimum atomic E-state index is -0.437. The maximum atomic E-state index is 12.8. The number of rotatable bonds is 7. The molecule has 0 heterocycles. The lowest BCUT2D eigenvalue weighted by Gasteiger charge is -2.25. The van der Waals surface area contributed by atoms with E-state index in [0.29, 0.717) is 29.4 Å². The Morgan fingerprint density at radius 3 is 2.50 bits per heavy atom. The lowest BCUT2D eigenvalue weighted by atomic mass is 10.1. The number of carbonyl (C=O) groups excluding carboxylic acids is 1. The second-order valence-corrected chi connectivity index (χ2v) is 6.68. The van der Waals surface area contributed by atoms with Crippen LogP contribution >= 0.6 is 0 Å². The first-order chi connectivity index (χ1) is 12.3. The third-order valence-electron chi connectivity index (χ3n) is 4.13. The number of nitro groups is 1. The van der Waals surface area contributed by atoms with Gasteiger partial charge in [-0.2, -0.15) is 0 Å². The first-order valence-electron chi connectivity index (χ1n) is 8.54. The predicted octanol–water partition coefficient (Wildman–Crippen LogP) is 4.46. The molecular formula is C20H24N2O4. The molecular weight excluding hydrogens is 332 g/mol. The molecule has 0 fully saturated rings. The fourth-order valence-corrected chi connectivity index (χ4v) is 2.48. The topological polar surface area (TPSA) is 72.7 Å². The average Bonchev–Trinajstić information content (AvgIpc) is 2.64. The molecule has 0 bridgehead atoms. The summed E-state index contributed by atoms with van der Waals surface area (Å²) in [4.78, 5) is 24.9. The van der Waals surface area contributed by atoms with Crippen LogP contribution in [0, 0.1) is 16.0 Å². The van der Waals surface area contributed by atoms with Crippen molar-refractivity contribution in [2.45, 2.75) is 26.8 Å². The summed E-state index contributed by atoms with van der Waals surface area (Å²) in [5.41, 5.74) is 1.24. The van der Waals surface area contributed by atoms with Crippen LogP contribution in [0.3, 0.4) is 0 Å². The summed E-state index contributed by atoms with van der Waals surface area (Å²) in [6, 6.07) is 13.1. The van der Waals surface area contributed by atoms with Crippen molar-refractivity contribution >= 4 is 11.6 Å². The molecule has 0 N–H and O–H groups in total. The van der Waals surface area contributed by atoms with E-state index in [9.17, 15) is 14.9 Å². The van der Waals surface area contributed by atoms with E-state index in [-0.39, 0.29) is 17.6 Å². The van der Waals surface area contributed by atoms with Gasteiger partial charge in [0.15, 0.2) is 0 Å². The van der Waals surface area contributed by atoms with Gasteiger partial charge in [-0.25, -0.2) is 0 Å². The standard InChI is InChI=1S/C20H24N2O4/c1-14(2)13-26-19-10-6-8-17(12-19)20(23)21(4)15(3)16-7-5-9-18(11-16)22(24)25/h5-12,14-15H,13H2,1-4H3/t15-/m1/s1. The Morgan fingerprint density at radius 2 is 1.85 bits per heavy atom. The molecule has 0 aliphatic heterocycles. The van der Waals surface area contributed by atoms with Crippen LogP contribution < -0.4 is 4.74 Å². The van der Waals surface area contributed by atoms with Crippen LogP contribution in [0.2, 0.25) is 0 Å². The van der Waals surface area contributed by atoms with E-state index >= 15 is 0 Å². The normalized spacial score (nSPS) is 11.9. The van der Waals surface area contributed by atoms with Crippen LogP contribution in [0.25, 0.3) is 0 Å². The molecule has 6 nitrogen and oxygen atoms in total. The van der Waals surface area contributed by atoms with E-state index in [4.69, 9.17) is 4.74 Å². The van der Waals surface area contributed by atoms with E-state index in [1.165, 1.54) is 12.1 Å². The third kappa shape index (κ3) is 4.81. The number of non-ortho nitro benzene ring substituents is 1. The smallest absolute Gasteiger partial charge is 0.269 e. The predicted molar refractivity (Wildman–Crippen MR) is 100 cm³/mol. The number of ether oxygens (including phenoxy) is 1. The molecule has 26 heavy (non-hydrogen) atoms. The monoisotopic (exact) mass is 356 g/mol. The fraction of sp³-hybridized carbons (Fsp3) is 0.350. The van der Waals surface area contributed by atoms with Crippen molar-refractivity contribution in [1.29, 1.82) is 0 Å². The maximum Gasteiger partial charge on any atom is 0.269 e. The Labute approximate surface area is 153 Å². The van der Waals surface area contributed by atoms with Gasteiger partial charge in [0.25, 0.3) is 11.6 Å². The highest BCUT2D eigenvalue weighted by molar-refractivity contribution is 5.94. The number of benzene rings is 2. The summed E-state index contributed by atoms with van der Waals surface area (Å²) in [6.07, 6.45) is 0. The molecule has 2 aromatic carbocycles. The van der Waals surface area contributed by atoms with Gasteiger partial charge in [-0.1, -0.05) is 32.0 Å². The quantitative estimate of drug-likeness (QED) is 0.542. The molecule has 2 rings (SSSR count). The zero-order chi connectivity index (χ0) is 19.3. The van der Waals surface area contributed by atoms with Crippen molar-refractivity contribution in [2.24, 2.45) is 5.92 Å². The second-order valence-electron chi connectivity index (χ2n) is 6.68. The van der Waals surface area contributed by atoms with Gasteiger partial charge >= 0.3 is 0 Å². The highest BCUT2D eigenvalue weighted by atomic mass is 16.6. The van der Waals surface area contributed by atoms with E-state index in [0.717, 1.165) is 0 Å². The molecule has 0 saturated carbocycles. The minimum absolute atomic E-state index is 0.0132. The number of nitrogens with zero attached hydrogens (tertiary/aromatic N) is 2. The van der Waals surface area contributed by atoms with E-state index in [1.807, 2.05) is 13.0 Å². The number of carbonyl (C=O) groups is 1. The Hall–Kier alpha value is -2.89. The van der Waals surface area contributed by atoms with E-state index in [2.05, 4.69) is 13.8 Å². The molecule has 138 valence electrons. The Balaban J connectivity index is 2.17. The fourth-order valence-electron chi connectivity index (χ4n) is 2.48. The van der Waals surface area contributed by atoms with Gasteiger partial charge in [-0.05, 0) is 36.6 Å². The van der Waals surface area contributed by atoms with Gasteiger partial charge in [0.2, 0.25) is 0 Å². The van der Waals surface area contributed by atoms with Crippen LogP contribution in [-0.2, 0) is 0 Å². The number of amides is 1. The zero-order valence-corrected chi connectivity index (χ0v) is 15.5. The van der Waals surface area contributed by atoms with Gasteiger partial charge in [-0.3, -0.25) is 14.9 Å². The van der Waals surface area contributed by atoms with Crippen molar-refractivity contribution in [2.75, 3.05) is 13.7 Å². The maximum absolute atomic E-state index is 12.8. The van der Waals surface area contributed by atoms with E-state index < -0.39 is 4.92 Å². The SMILES string of the molecule is CC(C)COc1cccc(C(=O)N(C)[C@H](C)c2cccc([N+](=O)[O-])c2)c1. The van der Waals surface area contributed by atoms with Gasteiger partial charge in [0, 0.05) is 24.7 Å². The lowest BCUT2D eigenvalue weighted by Crippen LogP contribution is -2.29. The Bertz CT molecular complexity index is 789.